The predicted molar refractivity (Wildman–Crippen MR) is 104 cm³/mol. The number of carbonyl (C=O) groups is 1. The first-order valence-electron chi connectivity index (χ1n) is 9.45. The Hall–Kier alpha value is -2.18. The lowest BCUT2D eigenvalue weighted by molar-refractivity contribution is -0.151. The number of nitrogens with zero attached hydrogens (tertiary/aromatic N) is 1. The Morgan fingerprint density at radius 1 is 1.15 bits per heavy atom. The molecule has 0 saturated heterocycles. The van der Waals surface area contributed by atoms with Crippen molar-refractivity contribution in [3.8, 4) is 11.5 Å². The van der Waals surface area contributed by atoms with Gasteiger partial charge in [0.1, 0.15) is 11.4 Å². The van der Waals surface area contributed by atoms with Crippen LogP contribution in [0.4, 0.5) is 0 Å². The largest absolute Gasteiger partial charge is 0.441 e. The van der Waals surface area contributed by atoms with Crippen LogP contribution in [0.5, 0.6) is 0 Å². The van der Waals surface area contributed by atoms with Crippen molar-refractivity contribution in [3.05, 3.63) is 41.3 Å². The van der Waals surface area contributed by atoms with Crippen LogP contribution in [0.3, 0.4) is 0 Å². The topological polar surface area (TPSA) is 84.6 Å². The Morgan fingerprint density at radius 2 is 1.81 bits per heavy atom. The second kappa shape index (κ2) is 9.67. The maximum atomic E-state index is 11.4. The first kappa shape index (κ1) is 21.1. The van der Waals surface area contributed by atoms with Gasteiger partial charge in [0.05, 0.1) is 5.69 Å². The smallest absolute Gasteiger partial charge is 0.274 e. The Bertz CT molecular complexity index is 735. The molecule has 2 N–H and O–H groups in total. The van der Waals surface area contributed by atoms with Crippen LogP contribution in [0.1, 0.15) is 56.5 Å². The van der Waals surface area contributed by atoms with E-state index in [1.165, 1.54) is 5.56 Å². The molecule has 1 aromatic carbocycles. The first-order valence-corrected chi connectivity index (χ1v) is 9.45. The Balaban J connectivity index is 1.70. The van der Waals surface area contributed by atoms with Crippen molar-refractivity contribution in [2.45, 2.75) is 65.4 Å². The molecule has 0 bridgehead atoms. The molecule has 2 aromatic rings. The van der Waals surface area contributed by atoms with Gasteiger partial charge in [0, 0.05) is 12.2 Å². The standard InChI is InChI=1S/C21H30N2O4/c1-15-10-12-17(13-11-15)19-22-18(16(2)27-19)9-7-5-6-8-14-26-21(3,4)20(24)23-25/h10-13,25H,5-9,14H2,1-4H3,(H,23,24). The van der Waals surface area contributed by atoms with Crippen molar-refractivity contribution < 1.29 is 19.2 Å². The van der Waals surface area contributed by atoms with E-state index in [1.54, 1.807) is 19.3 Å². The van der Waals surface area contributed by atoms with Gasteiger partial charge >= 0.3 is 0 Å². The van der Waals surface area contributed by atoms with Crippen molar-refractivity contribution in [2.75, 3.05) is 6.61 Å². The van der Waals surface area contributed by atoms with E-state index in [0.717, 1.165) is 49.1 Å². The van der Waals surface area contributed by atoms with Crippen LogP contribution in [0, 0.1) is 13.8 Å². The number of ether oxygens (including phenoxy) is 1. The summed E-state index contributed by atoms with van der Waals surface area (Å²) in [6, 6.07) is 8.18. The Morgan fingerprint density at radius 3 is 2.48 bits per heavy atom. The fourth-order valence-corrected chi connectivity index (χ4v) is 2.76. The molecule has 6 heteroatoms. The van der Waals surface area contributed by atoms with Gasteiger partial charge in [-0.05, 0) is 59.1 Å². The minimum absolute atomic E-state index is 0.487. The summed E-state index contributed by atoms with van der Waals surface area (Å²) >= 11 is 0. The predicted octanol–water partition coefficient (Wildman–Crippen LogP) is 4.36. The summed E-state index contributed by atoms with van der Waals surface area (Å²) in [6.45, 7) is 7.78. The zero-order valence-corrected chi connectivity index (χ0v) is 16.7. The number of amides is 1. The van der Waals surface area contributed by atoms with E-state index < -0.39 is 11.5 Å². The molecule has 1 amide bonds. The lowest BCUT2D eigenvalue weighted by atomic mass is 10.1. The Labute approximate surface area is 160 Å². The molecule has 2 rings (SSSR count). The number of nitrogens with one attached hydrogen (secondary N) is 1. The number of oxazole rings is 1. The number of unbranched alkanes of at least 4 members (excludes halogenated alkanes) is 3. The molecule has 0 spiro atoms. The molecule has 0 radical (unpaired) electrons. The van der Waals surface area contributed by atoms with Crippen LogP contribution in [-0.4, -0.2) is 28.3 Å². The summed E-state index contributed by atoms with van der Waals surface area (Å²) < 4.78 is 11.3. The molecule has 148 valence electrons. The van der Waals surface area contributed by atoms with E-state index in [2.05, 4.69) is 24.0 Å². The SMILES string of the molecule is Cc1ccc(-c2nc(CCCCCCOC(C)(C)C(=O)NO)c(C)o2)cc1. The first-order chi connectivity index (χ1) is 12.8. The highest BCUT2D eigenvalue weighted by Crippen LogP contribution is 2.23. The highest BCUT2D eigenvalue weighted by Gasteiger charge is 2.27. The summed E-state index contributed by atoms with van der Waals surface area (Å²) in [4.78, 5) is 16.1. The molecule has 1 heterocycles. The molecule has 1 aromatic heterocycles. The van der Waals surface area contributed by atoms with Crippen LogP contribution in [-0.2, 0) is 16.0 Å². The maximum Gasteiger partial charge on any atom is 0.274 e. The van der Waals surface area contributed by atoms with E-state index >= 15 is 0 Å². The molecular formula is C21H30N2O4. The number of benzene rings is 1. The van der Waals surface area contributed by atoms with Gasteiger partial charge in [-0.25, -0.2) is 10.5 Å². The normalized spacial score (nSPS) is 11.6. The van der Waals surface area contributed by atoms with Crippen LogP contribution < -0.4 is 5.48 Å². The molecule has 6 nitrogen and oxygen atoms in total. The van der Waals surface area contributed by atoms with E-state index in [4.69, 9.17) is 14.4 Å². The van der Waals surface area contributed by atoms with Crippen molar-refractivity contribution >= 4 is 5.91 Å². The van der Waals surface area contributed by atoms with Gasteiger partial charge in [-0.2, -0.15) is 0 Å². The molecule has 0 fully saturated rings. The second-order valence-electron chi connectivity index (χ2n) is 7.35. The van der Waals surface area contributed by atoms with Gasteiger partial charge in [0.15, 0.2) is 0 Å². The van der Waals surface area contributed by atoms with Gasteiger partial charge < -0.3 is 9.15 Å². The van der Waals surface area contributed by atoms with Crippen LogP contribution in [0.15, 0.2) is 28.7 Å². The number of aromatic nitrogens is 1. The average molecular weight is 374 g/mol. The van der Waals surface area contributed by atoms with Crippen molar-refractivity contribution in [3.63, 3.8) is 0 Å². The Kier molecular flexibility index (Phi) is 7.56. The lowest BCUT2D eigenvalue weighted by Crippen LogP contribution is -2.43. The second-order valence-corrected chi connectivity index (χ2v) is 7.35. The van der Waals surface area contributed by atoms with Crippen LogP contribution >= 0.6 is 0 Å². The number of rotatable bonds is 10. The zero-order chi connectivity index (χ0) is 19.9. The third-order valence-corrected chi connectivity index (χ3v) is 4.61. The van der Waals surface area contributed by atoms with Gasteiger partial charge in [0.2, 0.25) is 5.89 Å². The van der Waals surface area contributed by atoms with Crippen molar-refractivity contribution in [1.82, 2.24) is 10.5 Å². The molecule has 0 saturated carbocycles. The summed E-state index contributed by atoms with van der Waals surface area (Å²) in [5, 5.41) is 8.67. The molecule has 27 heavy (non-hydrogen) atoms. The van der Waals surface area contributed by atoms with Gasteiger partial charge in [-0.3, -0.25) is 10.0 Å². The monoisotopic (exact) mass is 374 g/mol. The minimum Gasteiger partial charge on any atom is -0.441 e. The molecule has 0 aliphatic rings. The van der Waals surface area contributed by atoms with Crippen LogP contribution in [0.2, 0.25) is 0 Å². The van der Waals surface area contributed by atoms with E-state index in [1.807, 2.05) is 19.1 Å². The molecule has 0 aliphatic heterocycles. The van der Waals surface area contributed by atoms with E-state index in [0.29, 0.717) is 12.5 Å². The number of hydrogen-bond acceptors (Lipinski definition) is 5. The van der Waals surface area contributed by atoms with Crippen molar-refractivity contribution in [2.24, 2.45) is 0 Å². The quantitative estimate of drug-likeness (QED) is 0.367. The van der Waals surface area contributed by atoms with Gasteiger partial charge in [-0.1, -0.05) is 30.5 Å². The number of aryl methyl sites for hydroxylation is 3. The summed E-state index contributed by atoms with van der Waals surface area (Å²) in [5.74, 6) is 1.03. The summed E-state index contributed by atoms with van der Waals surface area (Å²) in [5.41, 5.74) is 3.84. The third kappa shape index (κ3) is 6.19. The third-order valence-electron chi connectivity index (χ3n) is 4.61. The lowest BCUT2D eigenvalue weighted by Gasteiger charge is -2.22. The average Bonchev–Trinajstić information content (AvgIpc) is 3.01. The molecule has 0 atom stereocenters. The fourth-order valence-electron chi connectivity index (χ4n) is 2.76. The number of hydrogen-bond donors (Lipinski definition) is 2. The summed E-state index contributed by atoms with van der Waals surface area (Å²) in [6.07, 6.45) is 4.86. The summed E-state index contributed by atoms with van der Waals surface area (Å²) in [7, 11) is 0. The van der Waals surface area contributed by atoms with E-state index in [-0.39, 0.29) is 0 Å². The van der Waals surface area contributed by atoms with Crippen molar-refractivity contribution in [1.29, 1.82) is 0 Å². The highest BCUT2D eigenvalue weighted by atomic mass is 16.5. The number of hydroxylamine groups is 1. The van der Waals surface area contributed by atoms with Crippen LogP contribution in [0.25, 0.3) is 11.5 Å². The molecule has 0 aliphatic carbocycles. The van der Waals surface area contributed by atoms with Gasteiger partial charge in [0.25, 0.3) is 5.91 Å². The minimum atomic E-state index is -1.01. The van der Waals surface area contributed by atoms with Gasteiger partial charge in [-0.15, -0.1) is 0 Å². The molecule has 0 unspecified atom stereocenters. The maximum absolute atomic E-state index is 11.4. The zero-order valence-electron chi connectivity index (χ0n) is 16.7. The van der Waals surface area contributed by atoms with E-state index in [9.17, 15) is 4.79 Å². The highest BCUT2D eigenvalue weighted by molar-refractivity contribution is 5.83. The molecular weight excluding hydrogens is 344 g/mol. The number of carbonyl (C=O) groups excluding carboxylic acids is 1. The fraction of sp³-hybridized carbons (Fsp3) is 0.524.